The summed E-state index contributed by atoms with van der Waals surface area (Å²) in [5.74, 6) is -0.120. The highest BCUT2D eigenvalue weighted by Crippen LogP contribution is 2.10. The van der Waals surface area contributed by atoms with Crippen molar-refractivity contribution < 1.29 is 9.59 Å². The molecular weight excluding hydrogens is 232 g/mol. The largest absolute Gasteiger partial charge is 0.346 e. The van der Waals surface area contributed by atoms with Crippen LogP contribution >= 0.6 is 0 Å². The van der Waals surface area contributed by atoms with Gasteiger partial charge in [-0.15, -0.1) is 0 Å². The molecule has 6 heteroatoms. The van der Waals surface area contributed by atoms with Crippen molar-refractivity contribution in [1.29, 1.82) is 0 Å². The van der Waals surface area contributed by atoms with E-state index >= 15 is 0 Å². The van der Waals surface area contributed by atoms with Gasteiger partial charge in [0.1, 0.15) is 5.69 Å². The van der Waals surface area contributed by atoms with Crippen LogP contribution in [0.1, 0.15) is 29.0 Å². The van der Waals surface area contributed by atoms with Crippen LogP contribution in [0.25, 0.3) is 0 Å². The molecule has 1 atom stereocenters. The van der Waals surface area contributed by atoms with Gasteiger partial charge in [-0.1, -0.05) is 0 Å². The lowest BCUT2D eigenvalue weighted by molar-refractivity contribution is -0.132. The summed E-state index contributed by atoms with van der Waals surface area (Å²) in [5.41, 5.74) is 1.08. The smallest absolute Gasteiger partial charge is 0.271 e. The Balaban J connectivity index is 1.95. The fraction of sp³-hybridized carbons (Fsp3) is 0.500. The van der Waals surface area contributed by atoms with Crippen molar-refractivity contribution in [2.24, 2.45) is 0 Å². The average molecular weight is 248 g/mol. The van der Waals surface area contributed by atoms with Crippen LogP contribution in [0.3, 0.4) is 0 Å². The summed E-state index contributed by atoms with van der Waals surface area (Å²) in [5, 5.41) is 2.87. The molecule has 1 aliphatic rings. The first-order valence-electron chi connectivity index (χ1n) is 5.89. The standard InChI is InChI=1S/C12H16N4O2/c1-8-5-14-10(6-13-8)12(18)15-9-3-4-11(17)16(2)7-9/h5-6,9H,3-4,7H2,1-2H3,(H,15,18)/t9-/m0/s1. The number of amides is 2. The van der Waals surface area contributed by atoms with Gasteiger partial charge < -0.3 is 10.2 Å². The lowest BCUT2D eigenvalue weighted by atomic mass is 10.1. The molecule has 6 nitrogen and oxygen atoms in total. The summed E-state index contributed by atoms with van der Waals surface area (Å²) in [6.45, 7) is 2.36. The number of hydrogen-bond donors (Lipinski definition) is 1. The third-order valence-corrected chi connectivity index (χ3v) is 2.98. The van der Waals surface area contributed by atoms with Gasteiger partial charge in [0.25, 0.3) is 5.91 Å². The third-order valence-electron chi connectivity index (χ3n) is 2.98. The van der Waals surface area contributed by atoms with E-state index in [-0.39, 0.29) is 17.9 Å². The van der Waals surface area contributed by atoms with E-state index in [0.29, 0.717) is 25.1 Å². The van der Waals surface area contributed by atoms with Crippen molar-refractivity contribution in [3.05, 3.63) is 23.8 Å². The van der Waals surface area contributed by atoms with Gasteiger partial charge in [0.05, 0.1) is 11.9 Å². The van der Waals surface area contributed by atoms with Crippen molar-refractivity contribution in [1.82, 2.24) is 20.2 Å². The molecule has 2 amide bonds. The average Bonchev–Trinajstić information content (AvgIpc) is 2.34. The van der Waals surface area contributed by atoms with E-state index in [1.54, 1.807) is 18.1 Å². The van der Waals surface area contributed by atoms with Crippen LogP contribution in [0.4, 0.5) is 0 Å². The predicted molar refractivity (Wildman–Crippen MR) is 64.9 cm³/mol. The van der Waals surface area contributed by atoms with Crippen LogP contribution in [0.2, 0.25) is 0 Å². The van der Waals surface area contributed by atoms with Gasteiger partial charge in [0, 0.05) is 32.3 Å². The maximum atomic E-state index is 11.9. The van der Waals surface area contributed by atoms with Crippen LogP contribution < -0.4 is 5.32 Å². The topological polar surface area (TPSA) is 75.2 Å². The maximum absolute atomic E-state index is 11.9. The Morgan fingerprint density at radius 1 is 1.44 bits per heavy atom. The summed E-state index contributed by atoms with van der Waals surface area (Å²) >= 11 is 0. The van der Waals surface area contributed by atoms with Gasteiger partial charge in [-0.25, -0.2) is 4.98 Å². The molecule has 1 aliphatic heterocycles. The number of piperidine rings is 1. The Bertz CT molecular complexity index is 458. The second-order valence-electron chi connectivity index (χ2n) is 4.53. The van der Waals surface area contributed by atoms with Gasteiger partial charge >= 0.3 is 0 Å². The number of hydrogen-bond acceptors (Lipinski definition) is 4. The molecular formula is C12H16N4O2. The fourth-order valence-corrected chi connectivity index (χ4v) is 1.90. The zero-order valence-corrected chi connectivity index (χ0v) is 10.5. The molecule has 1 saturated heterocycles. The van der Waals surface area contributed by atoms with Gasteiger partial charge in [0.2, 0.25) is 5.91 Å². The SMILES string of the molecule is Cc1cnc(C(=O)N[C@H]2CCC(=O)N(C)C2)cn1. The third kappa shape index (κ3) is 2.82. The van der Waals surface area contributed by atoms with E-state index in [1.165, 1.54) is 6.20 Å². The quantitative estimate of drug-likeness (QED) is 0.807. The van der Waals surface area contributed by atoms with Crippen molar-refractivity contribution in [3.63, 3.8) is 0 Å². The van der Waals surface area contributed by atoms with Crippen LogP contribution in [0.15, 0.2) is 12.4 Å². The van der Waals surface area contributed by atoms with Gasteiger partial charge in [0.15, 0.2) is 0 Å². The van der Waals surface area contributed by atoms with Crippen LogP contribution in [0.5, 0.6) is 0 Å². The Morgan fingerprint density at radius 2 is 2.22 bits per heavy atom. The van der Waals surface area contributed by atoms with Gasteiger partial charge in [-0.3, -0.25) is 14.6 Å². The van der Waals surface area contributed by atoms with Crippen molar-refractivity contribution in [2.45, 2.75) is 25.8 Å². The molecule has 0 spiro atoms. The first-order chi connectivity index (χ1) is 8.56. The number of nitrogens with zero attached hydrogens (tertiary/aromatic N) is 3. The maximum Gasteiger partial charge on any atom is 0.271 e. The molecule has 1 aromatic heterocycles. The molecule has 96 valence electrons. The Hall–Kier alpha value is -1.98. The number of aryl methyl sites for hydroxylation is 1. The normalized spacial score (nSPS) is 19.8. The zero-order valence-electron chi connectivity index (χ0n) is 10.5. The first kappa shape index (κ1) is 12.5. The highest BCUT2D eigenvalue weighted by Gasteiger charge is 2.24. The lowest BCUT2D eigenvalue weighted by Crippen LogP contribution is -2.48. The molecule has 0 bridgehead atoms. The monoisotopic (exact) mass is 248 g/mol. The Morgan fingerprint density at radius 3 is 2.83 bits per heavy atom. The highest BCUT2D eigenvalue weighted by molar-refractivity contribution is 5.92. The van der Waals surface area contributed by atoms with E-state index in [1.807, 2.05) is 6.92 Å². The van der Waals surface area contributed by atoms with E-state index in [9.17, 15) is 9.59 Å². The van der Waals surface area contributed by atoms with E-state index in [2.05, 4.69) is 15.3 Å². The lowest BCUT2D eigenvalue weighted by Gasteiger charge is -2.29. The second kappa shape index (κ2) is 5.12. The number of likely N-dealkylation sites (tertiary alicyclic amines) is 1. The minimum absolute atomic E-state index is 0.0108. The van der Waals surface area contributed by atoms with Gasteiger partial charge in [-0.2, -0.15) is 0 Å². The molecule has 1 N–H and O–H groups in total. The van der Waals surface area contributed by atoms with E-state index in [4.69, 9.17) is 0 Å². The second-order valence-corrected chi connectivity index (χ2v) is 4.53. The Kier molecular flexibility index (Phi) is 3.55. The summed E-state index contributed by atoms with van der Waals surface area (Å²) in [6, 6.07) is -0.0108. The molecule has 0 radical (unpaired) electrons. The highest BCUT2D eigenvalue weighted by atomic mass is 16.2. The molecule has 0 aromatic carbocycles. The van der Waals surface area contributed by atoms with Crippen LogP contribution in [-0.4, -0.2) is 46.3 Å². The summed E-state index contributed by atoms with van der Waals surface area (Å²) in [6.07, 6.45) is 4.17. The van der Waals surface area contributed by atoms with Crippen molar-refractivity contribution >= 4 is 11.8 Å². The number of likely N-dealkylation sites (N-methyl/N-ethyl adjacent to an activating group) is 1. The minimum Gasteiger partial charge on any atom is -0.346 e. The summed E-state index contributed by atoms with van der Waals surface area (Å²) < 4.78 is 0. The number of nitrogens with one attached hydrogen (secondary N) is 1. The van der Waals surface area contributed by atoms with Crippen molar-refractivity contribution in [2.75, 3.05) is 13.6 Å². The number of carbonyl (C=O) groups excluding carboxylic acids is 2. The van der Waals surface area contributed by atoms with Crippen LogP contribution in [-0.2, 0) is 4.79 Å². The molecule has 2 heterocycles. The molecule has 0 saturated carbocycles. The first-order valence-corrected chi connectivity index (χ1v) is 5.89. The zero-order chi connectivity index (χ0) is 13.1. The fourth-order valence-electron chi connectivity index (χ4n) is 1.90. The van der Waals surface area contributed by atoms with Gasteiger partial charge in [-0.05, 0) is 13.3 Å². The summed E-state index contributed by atoms with van der Waals surface area (Å²) in [7, 11) is 1.74. The summed E-state index contributed by atoms with van der Waals surface area (Å²) in [4.78, 5) is 32.9. The molecule has 18 heavy (non-hydrogen) atoms. The molecule has 0 aliphatic carbocycles. The number of rotatable bonds is 2. The minimum atomic E-state index is -0.241. The molecule has 1 aromatic rings. The van der Waals surface area contributed by atoms with Crippen molar-refractivity contribution in [3.8, 4) is 0 Å². The Labute approximate surface area is 105 Å². The van der Waals surface area contributed by atoms with E-state index < -0.39 is 0 Å². The predicted octanol–water partition coefficient (Wildman–Crippen LogP) is 0.136. The molecule has 2 rings (SSSR count). The number of carbonyl (C=O) groups is 2. The van der Waals surface area contributed by atoms with Crippen LogP contribution in [0, 0.1) is 6.92 Å². The molecule has 1 fully saturated rings. The number of aromatic nitrogens is 2. The molecule has 0 unspecified atom stereocenters. The van der Waals surface area contributed by atoms with E-state index in [0.717, 1.165) is 5.69 Å².